The molecule has 0 amide bonds. The van der Waals surface area contributed by atoms with Gasteiger partial charge in [-0.1, -0.05) is 18.2 Å². The minimum atomic E-state index is -0.133. The van der Waals surface area contributed by atoms with Crippen LogP contribution in [0.4, 0.5) is 0 Å². The van der Waals surface area contributed by atoms with Crippen molar-refractivity contribution in [3.05, 3.63) is 46.4 Å². The van der Waals surface area contributed by atoms with Crippen LogP contribution < -0.4 is 5.56 Å². The largest absolute Gasteiger partial charge is 0.393 e. The molecular formula is C16H20N2O2. The number of nitrogens with zero attached hydrogens (tertiary/aromatic N) is 1. The van der Waals surface area contributed by atoms with Crippen LogP contribution in [-0.4, -0.2) is 40.7 Å². The molecular weight excluding hydrogens is 252 g/mol. The van der Waals surface area contributed by atoms with Crippen LogP contribution in [0.1, 0.15) is 18.5 Å². The smallest absolute Gasteiger partial charge is 0.256 e. The van der Waals surface area contributed by atoms with Gasteiger partial charge in [-0.3, -0.25) is 4.79 Å². The lowest BCUT2D eigenvalue weighted by Gasteiger charge is -2.29. The standard InChI is InChI=1S/C16H20N2O2/c19-14-6-9-18(10-7-14)8-5-13-11-12-3-1-2-4-15(12)16(20)17-13/h1-4,11,14,19H,5-10H2,(H,17,20). The molecule has 2 N–H and O–H groups in total. The topological polar surface area (TPSA) is 56.3 Å². The fraction of sp³-hybridized carbons (Fsp3) is 0.438. The quantitative estimate of drug-likeness (QED) is 0.891. The Morgan fingerprint density at radius 2 is 2.00 bits per heavy atom. The molecule has 0 spiro atoms. The van der Waals surface area contributed by atoms with Gasteiger partial charge >= 0.3 is 0 Å². The summed E-state index contributed by atoms with van der Waals surface area (Å²) >= 11 is 0. The lowest BCUT2D eigenvalue weighted by Crippen LogP contribution is -2.37. The molecule has 1 aliphatic heterocycles. The summed E-state index contributed by atoms with van der Waals surface area (Å²) in [5.74, 6) is 0. The van der Waals surface area contributed by atoms with E-state index in [9.17, 15) is 9.90 Å². The van der Waals surface area contributed by atoms with Crippen LogP contribution >= 0.6 is 0 Å². The van der Waals surface area contributed by atoms with Crippen LogP contribution in [0.5, 0.6) is 0 Å². The number of hydrogen-bond acceptors (Lipinski definition) is 3. The highest BCUT2D eigenvalue weighted by Crippen LogP contribution is 2.13. The van der Waals surface area contributed by atoms with E-state index >= 15 is 0 Å². The molecule has 2 heterocycles. The third-order valence-electron chi connectivity index (χ3n) is 4.06. The number of fused-ring (bicyclic) bond motifs is 1. The summed E-state index contributed by atoms with van der Waals surface area (Å²) in [4.78, 5) is 17.3. The second-order valence-electron chi connectivity index (χ2n) is 5.53. The van der Waals surface area contributed by atoms with Crippen molar-refractivity contribution in [2.75, 3.05) is 19.6 Å². The zero-order valence-electron chi connectivity index (χ0n) is 11.5. The summed E-state index contributed by atoms with van der Waals surface area (Å²) in [5, 5.41) is 11.2. The van der Waals surface area contributed by atoms with E-state index in [1.165, 1.54) is 0 Å². The van der Waals surface area contributed by atoms with Gasteiger partial charge in [-0.15, -0.1) is 0 Å². The number of aromatic nitrogens is 1. The van der Waals surface area contributed by atoms with Gasteiger partial charge in [-0.05, 0) is 30.4 Å². The Labute approximate surface area is 118 Å². The molecule has 4 nitrogen and oxygen atoms in total. The monoisotopic (exact) mass is 272 g/mol. The Hall–Kier alpha value is -1.65. The van der Waals surface area contributed by atoms with Crippen LogP contribution in [0.3, 0.4) is 0 Å². The van der Waals surface area contributed by atoms with Gasteiger partial charge in [0.1, 0.15) is 0 Å². The van der Waals surface area contributed by atoms with E-state index in [4.69, 9.17) is 0 Å². The van der Waals surface area contributed by atoms with Crippen molar-refractivity contribution in [2.24, 2.45) is 0 Å². The number of piperidine rings is 1. The normalized spacial score (nSPS) is 17.6. The second-order valence-corrected chi connectivity index (χ2v) is 5.53. The number of H-pyrrole nitrogens is 1. The van der Waals surface area contributed by atoms with Crippen molar-refractivity contribution in [3.8, 4) is 0 Å². The number of likely N-dealkylation sites (tertiary alicyclic amines) is 1. The summed E-state index contributed by atoms with van der Waals surface area (Å²) < 4.78 is 0. The molecule has 1 saturated heterocycles. The fourth-order valence-electron chi connectivity index (χ4n) is 2.82. The molecule has 1 aromatic heterocycles. The maximum Gasteiger partial charge on any atom is 0.256 e. The van der Waals surface area contributed by atoms with E-state index in [2.05, 4.69) is 16.0 Å². The minimum Gasteiger partial charge on any atom is -0.393 e. The number of aliphatic hydroxyl groups is 1. The summed E-state index contributed by atoms with van der Waals surface area (Å²) in [6, 6.07) is 9.73. The van der Waals surface area contributed by atoms with Gasteiger partial charge < -0.3 is 15.0 Å². The highest BCUT2D eigenvalue weighted by molar-refractivity contribution is 5.81. The van der Waals surface area contributed by atoms with Crippen LogP contribution in [0.25, 0.3) is 10.8 Å². The highest BCUT2D eigenvalue weighted by atomic mass is 16.3. The third kappa shape index (κ3) is 2.92. The zero-order valence-corrected chi connectivity index (χ0v) is 11.5. The molecule has 0 bridgehead atoms. The van der Waals surface area contributed by atoms with Crippen molar-refractivity contribution in [1.82, 2.24) is 9.88 Å². The van der Waals surface area contributed by atoms with E-state index in [0.717, 1.165) is 55.4 Å². The molecule has 1 fully saturated rings. The molecule has 1 aliphatic rings. The van der Waals surface area contributed by atoms with Crippen molar-refractivity contribution >= 4 is 10.8 Å². The summed E-state index contributed by atoms with van der Waals surface area (Å²) in [6.45, 7) is 2.82. The van der Waals surface area contributed by atoms with Crippen molar-refractivity contribution in [2.45, 2.75) is 25.4 Å². The number of benzene rings is 1. The van der Waals surface area contributed by atoms with Crippen LogP contribution in [-0.2, 0) is 6.42 Å². The highest BCUT2D eigenvalue weighted by Gasteiger charge is 2.16. The molecule has 106 valence electrons. The lowest BCUT2D eigenvalue weighted by atomic mass is 10.1. The summed E-state index contributed by atoms with van der Waals surface area (Å²) in [7, 11) is 0. The van der Waals surface area contributed by atoms with Crippen LogP contribution in [0.15, 0.2) is 35.1 Å². The van der Waals surface area contributed by atoms with Gasteiger partial charge in [-0.25, -0.2) is 0 Å². The molecule has 0 atom stereocenters. The summed E-state index contributed by atoms with van der Waals surface area (Å²) in [6.07, 6.45) is 2.42. The molecule has 3 rings (SSSR count). The number of hydrogen-bond donors (Lipinski definition) is 2. The molecule has 4 heteroatoms. The first-order valence-corrected chi connectivity index (χ1v) is 7.24. The lowest BCUT2D eigenvalue weighted by molar-refractivity contribution is 0.0831. The molecule has 0 aliphatic carbocycles. The number of pyridine rings is 1. The zero-order chi connectivity index (χ0) is 13.9. The maximum absolute atomic E-state index is 12.0. The fourth-order valence-corrected chi connectivity index (χ4v) is 2.82. The molecule has 1 aromatic carbocycles. The molecule has 2 aromatic rings. The summed E-state index contributed by atoms with van der Waals surface area (Å²) in [5.41, 5.74) is 0.979. The second kappa shape index (κ2) is 5.77. The van der Waals surface area contributed by atoms with Gasteiger partial charge in [0.05, 0.1) is 6.10 Å². The molecule has 0 unspecified atom stereocenters. The van der Waals surface area contributed by atoms with E-state index in [0.29, 0.717) is 0 Å². The van der Waals surface area contributed by atoms with Gasteiger partial charge in [0.15, 0.2) is 0 Å². The molecule has 0 radical (unpaired) electrons. The third-order valence-corrected chi connectivity index (χ3v) is 4.06. The SMILES string of the molecule is O=c1[nH]c(CCN2CCC(O)CC2)cc2ccccc12. The maximum atomic E-state index is 12.0. The van der Waals surface area contributed by atoms with Crippen LogP contribution in [0.2, 0.25) is 0 Å². The number of aromatic amines is 1. The Kier molecular flexibility index (Phi) is 3.85. The van der Waals surface area contributed by atoms with Crippen LogP contribution in [0, 0.1) is 0 Å². The number of aliphatic hydroxyl groups excluding tert-OH is 1. The Bertz CT molecular complexity index is 642. The molecule has 0 saturated carbocycles. The first kappa shape index (κ1) is 13.3. The van der Waals surface area contributed by atoms with E-state index in [1.54, 1.807) is 0 Å². The van der Waals surface area contributed by atoms with Gasteiger partial charge in [0, 0.05) is 37.1 Å². The Balaban J connectivity index is 1.70. The van der Waals surface area contributed by atoms with E-state index in [-0.39, 0.29) is 11.7 Å². The predicted octanol–water partition coefficient (Wildman–Crippen LogP) is 1.53. The van der Waals surface area contributed by atoms with E-state index < -0.39 is 0 Å². The molecule has 20 heavy (non-hydrogen) atoms. The minimum absolute atomic E-state index is 0.00725. The average molecular weight is 272 g/mol. The predicted molar refractivity (Wildman–Crippen MR) is 80.0 cm³/mol. The van der Waals surface area contributed by atoms with Crippen molar-refractivity contribution < 1.29 is 5.11 Å². The van der Waals surface area contributed by atoms with Gasteiger partial charge in [0.2, 0.25) is 0 Å². The number of nitrogens with one attached hydrogen (secondary N) is 1. The average Bonchev–Trinajstić information content (AvgIpc) is 2.47. The first-order valence-electron chi connectivity index (χ1n) is 7.24. The number of rotatable bonds is 3. The van der Waals surface area contributed by atoms with Crippen molar-refractivity contribution in [3.63, 3.8) is 0 Å². The van der Waals surface area contributed by atoms with E-state index in [1.807, 2.05) is 24.3 Å². The Morgan fingerprint density at radius 3 is 2.80 bits per heavy atom. The van der Waals surface area contributed by atoms with Gasteiger partial charge in [-0.2, -0.15) is 0 Å². The van der Waals surface area contributed by atoms with Crippen molar-refractivity contribution in [1.29, 1.82) is 0 Å². The first-order chi connectivity index (χ1) is 9.72. The Morgan fingerprint density at radius 1 is 1.25 bits per heavy atom. The van der Waals surface area contributed by atoms with Gasteiger partial charge in [0.25, 0.3) is 5.56 Å².